The van der Waals surface area contributed by atoms with Gasteiger partial charge in [-0.1, -0.05) is 78.1 Å². The number of thioether (sulfide) groups is 1. The maximum atomic E-state index is 12.7. The fourth-order valence-electron chi connectivity index (χ4n) is 3.01. The zero-order valence-corrected chi connectivity index (χ0v) is 18.7. The van der Waals surface area contributed by atoms with E-state index in [1.807, 2.05) is 80.6 Å². The Morgan fingerprint density at radius 1 is 1.13 bits per heavy atom. The molecule has 0 aromatic heterocycles. The Hall–Kier alpha value is -2.70. The van der Waals surface area contributed by atoms with Gasteiger partial charge in [0.05, 0.1) is 4.91 Å². The fourth-order valence-corrected chi connectivity index (χ4v) is 4.37. The molecule has 2 amide bonds. The van der Waals surface area contributed by atoms with Crippen molar-refractivity contribution in [2.75, 3.05) is 11.9 Å². The number of allylic oxidation sites excluding steroid dienone is 2. The molecule has 3 rings (SSSR count). The summed E-state index contributed by atoms with van der Waals surface area (Å²) in [6.45, 7) is 4.40. The highest BCUT2D eigenvalue weighted by molar-refractivity contribution is 8.26. The summed E-state index contributed by atoms with van der Waals surface area (Å²) in [5.74, 6) is -0.161. The van der Waals surface area contributed by atoms with Gasteiger partial charge in [0.15, 0.2) is 0 Å². The number of nitrogens with zero attached hydrogens (tertiary/aromatic N) is 1. The lowest BCUT2D eigenvalue weighted by Crippen LogP contribution is -2.29. The number of aryl methyl sites for hydroxylation is 1. The number of anilines is 1. The molecule has 0 atom stereocenters. The average molecular weight is 437 g/mol. The largest absolute Gasteiger partial charge is 0.326 e. The lowest BCUT2D eigenvalue weighted by molar-refractivity contribution is -0.122. The van der Waals surface area contributed by atoms with E-state index >= 15 is 0 Å². The van der Waals surface area contributed by atoms with Crippen molar-refractivity contribution in [2.45, 2.75) is 26.7 Å². The topological polar surface area (TPSA) is 49.4 Å². The minimum absolute atomic E-state index is 0.0681. The molecule has 0 bridgehead atoms. The molecule has 1 aliphatic rings. The van der Waals surface area contributed by atoms with E-state index in [0.29, 0.717) is 28.6 Å². The first-order valence-corrected chi connectivity index (χ1v) is 11.0. The molecule has 30 heavy (non-hydrogen) atoms. The SMILES string of the molecule is CC(=C\c1ccccc1)/C=C1/SC(=S)N(CCCC(=O)Nc2ccc(C)cc2)C1=O. The van der Waals surface area contributed by atoms with Crippen molar-refractivity contribution in [1.82, 2.24) is 4.90 Å². The van der Waals surface area contributed by atoms with Gasteiger partial charge in [-0.15, -0.1) is 0 Å². The number of amides is 2. The highest BCUT2D eigenvalue weighted by atomic mass is 32.2. The van der Waals surface area contributed by atoms with E-state index in [1.54, 1.807) is 4.90 Å². The molecule has 1 fully saturated rings. The number of nitrogens with one attached hydrogen (secondary N) is 1. The first kappa shape index (κ1) is 22.0. The van der Waals surface area contributed by atoms with E-state index < -0.39 is 0 Å². The zero-order chi connectivity index (χ0) is 21.5. The molecule has 2 aromatic carbocycles. The molecule has 4 nitrogen and oxygen atoms in total. The molecule has 0 aliphatic carbocycles. The summed E-state index contributed by atoms with van der Waals surface area (Å²) in [6.07, 6.45) is 4.78. The van der Waals surface area contributed by atoms with Crippen LogP contribution < -0.4 is 5.32 Å². The number of thiocarbonyl (C=S) groups is 1. The second kappa shape index (κ2) is 10.4. The minimum atomic E-state index is -0.0928. The van der Waals surface area contributed by atoms with E-state index in [4.69, 9.17) is 12.2 Å². The van der Waals surface area contributed by atoms with Crippen molar-refractivity contribution in [3.8, 4) is 0 Å². The van der Waals surface area contributed by atoms with Crippen molar-refractivity contribution in [2.24, 2.45) is 0 Å². The maximum Gasteiger partial charge on any atom is 0.266 e. The van der Waals surface area contributed by atoms with Crippen LogP contribution >= 0.6 is 24.0 Å². The van der Waals surface area contributed by atoms with Crippen LogP contribution in [0.25, 0.3) is 6.08 Å². The molecular formula is C24H24N2O2S2. The second-order valence-corrected chi connectivity index (χ2v) is 8.83. The molecule has 0 spiro atoms. The van der Waals surface area contributed by atoms with E-state index in [2.05, 4.69) is 5.32 Å². The smallest absolute Gasteiger partial charge is 0.266 e. The van der Waals surface area contributed by atoms with Gasteiger partial charge in [0, 0.05) is 18.7 Å². The van der Waals surface area contributed by atoms with Gasteiger partial charge in [-0.05, 0) is 49.6 Å². The lowest BCUT2D eigenvalue weighted by Gasteiger charge is -2.14. The van der Waals surface area contributed by atoms with E-state index in [1.165, 1.54) is 11.8 Å². The van der Waals surface area contributed by atoms with E-state index in [0.717, 1.165) is 22.4 Å². The quantitative estimate of drug-likeness (QED) is 0.456. The fraction of sp³-hybridized carbons (Fsp3) is 0.208. The molecule has 6 heteroatoms. The lowest BCUT2D eigenvalue weighted by atomic mass is 10.1. The molecule has 0 unspecified atom stereocenters. The van der Waals surface area contributed by atoms with Crippen LogP contribution in [0.5, 0.6) is 0 Å². The molecule has 0 saturated carbocycles. The van der Waals surface area contributed by atoms with Crippen LogP contribution in [0, 0.1) is 6.92 Å². The molecule has 1 saturated heterocycles. The number of rotatable bonds is 7. The van der Waals surface area contributed by atoms with Crippen LogP contribution in [0.1, 0.15) is 30.9 Å². The van der Waals surface area contributed by atoms with Gasteiger partial charge in [-0.3, -0.25) is 14.5 Å². The molecule has 1 N–H and O–H groups in total. The van der Waals surface area contributed by atoms with E-state index in [9.17, 15) is 9.59 Å². The number of hydrogen-bond acceptors (Lipinski definition) is 4. The van der Waals surface area contributed by atoms with Gasteiger partial charge < -0.3 is 5.32 Å². The summed E-state index contributed by atoms with van der Waals surface area (Å²) in [5.41, 5.74) is 3.99. The van der Waals surface area contributed by atoms with Crippen LogP contribution in [0.2, 0.25) is 0 Å². The van der Waals surface area contributed by atoms with Gasteiger partial charge >= 0.3 is 0 Å². The van der Waals surface area contributed by atoms with Crippen molar-refractivity contribution in [3.05, 3.63) is 82.3 Å². The number of carbonyl (C=O) groups excluding carboxylic acids is 2. The standard InChI is InChI=1S/C24H24N2O2S2/c1-17-10-12-20(13-11-17)25-22(27)9-6-14-26-23(28)21(30-24(26)29)16-18(2)15-19-7-4-3-5-8-19/h3-5,7-8,10-13,15-16H,6,9,14H2,1-2H3,(H,25,27)/b18-15+,21-16+. The Kier molecular flexibility index (Phi) is 7.60. The Bertz CT molecular complexity index is 996. The number of benzene rings is 2. The van der Waals surface area contributed by atoms with Crippen LogP contribution in [-0.2, 0) is 9.59 Å². The third-order valence-corrected chi connectivity index (χ3v) is 5.92. The number of carbonyl (C=O) groups is 2. The molecule has 1 heterocycles. The predicted molar refractivity (Wildman–Crippen MR) is 129 cm³/mol. The van der Waals surface area contributed by atoms with Crippen LogP contribution in [0.4, 0.5) is 5.69 Å². The van der Waals surface area contributed by atoms with Gasteiger partial charge in [0.2, 0.25) is 5.91 Å². The normalized spacial score (nSPS) is 15.7. The third kappa shape index (κ3) is 6.15. The minimum Gasteiger partial charge on any atom is -0.326 e. The van der Waals surface area contributed by atoms with Gasteiger partial charge in [0.1, 0.15) is 4.32 Å². The Labute approximate surface area is 187 Å². The third-order valence-electron chi connectivity index (χ3n) is 4.55. The summed E-state index contributed by atoms with van der Waals surface area (Å²) in [4.78, 5) is 27.1. The maximum absolute atomic E-state index is 12.7. The van der Waals surface area contributed by atoms with Crippen LogP contribution in [0.3, 0.4) is 0 Å². The molecule has 2 aromatic rings. The van der Waals surface area contributed by atoms with Crippen LogP contribution in [-0.4, -0.2) is 27.6 Å². The zero-order valence-electron chi connectivity index (χ0n) is 17.1. The molecule has 0 radical (unpaired) electrons. The Morgan fingerprint density at radius 2 is 1.83 bits per heavy atom. The molecular weight excluding hydrogens is 412 g/mol. The Balaban J connectivity index is 1.52. The second-order valence-electron chi connectivity index (χ2n) is 7.15. The van der Waals surface area contributed by atoms with Crippen molar-refractivity contribution in [3.63, 3.8) is 0 Å². The van der Waals surface area contributed by atoms with Gasteiger partial charge in [-0.2, -0.15) is 0 Å². The highest BCUT2D eigenvalue weighted by Crippen LogP contribution is 2.32. The summed E-state index contributed by atoms with van der Waals surface area (Å²) in [7, 11) is 0. The van der Waals surface area contributed by atoms with Crippen molar-refractivity contribution >= 4 is 51.9 Å². The molecule has 154 valence electrons. The monoisotopic (exact) mass is 436 g/mol. The summed E-state index contributed by atoms with van der Waals surface area (Å²) in [5, 5.41) is 2.88. The van der Waals surface area contributed by atoms with Crippen molar-refractivity contribution in [1.29, 1.82) is 0 Å². The predicted octanol–water partition coefficient (Wildman–Crippen LogP) is 5.56. The van der Waals surface area contributed by atoms with Gasteiger partial charge in [-0.25, -0.2) is 0 Å². The number of hydrogen-bond donors (Lipinski definition) is 1. The van der Waals surface area contributed by atoms with E-state index in [-0.39, 0.29) is 11.8 Å². The average Bonchev–Trinajstić information content (AvgIpc) is 2.97. The summed E-state index contributed by atoms with van der Waals surface area (Å²) < 4.78 is 0.540. The first-order chi connectivity index (χ1) is 14.4. The highest BCUT2D eigenvalue weighted by Gasteiger charge is 2.31. The first-order valence-electron chi connectivity index (χ1n) is 9.77. The van der Waals surface area contributed by atoms with Gasteiger partial charge in [0.25, 0.3) is 5.91 Å². The summed E-state index contributed by atoms with van der Waals surface area (Å²) >= 11 is 6.69. The molecule has 1 aliphatic heterocycles. The Morgan fingerprint density at radius 3 is 2.53 bits per heavy atom. The van der Waals surface area contributed by atoms with Crippen molar-refractivity contribution < 1.29 is 9.59 Å². The summed E-state index contributed by atoms with van der Waals surface area (Å²) in [6, 6.07) is 17.6. The van der Waals surface area contributed by atoms with Crippen LogP contribution in [0.15, 0.2) is 71.2 Å².